The third-order valence-electron chi connectivity index (χ3n) is 4.85. The fourth-order valence-corrected chi connectivity index (χ4v) is 3.84. The summed E-state index contributed by atoms with van der Waals surface area (Å²) in [5.74, 6) is 2.94. The predicted octanol–water partition coefficient (Wildman–Crippen LogP) is 3.98. The van der Waals surface area contributed by atoms with E-state index in [2.05, 4.69) is 37.2 Å². The van der Waals surface area contributed by atoms with E-state index in [1.54, 1.807) is 7.11 Å². The maximum atomic E-state index is 6.46. The van der Waals surface area contributed by atoms with Crippen LogP contribution in [0.5, 0.6) is 17.2 Å². The normalized spacial score (nSPS) is 24.6. The van der Waals surface area contributed by atoms with E-state index < -0.39 is 0 Å². The molecule has 0 radical (unpaired) electrons. The minimum absolute atomic E-state index is 0.00343. The second-order valence-corrected chi connectivity index (χ2v) is 6.83. The van der Waals surface area contributed by atoms with Gasteiger partial charge >= 0.3 is 0 Å². The van der Waals surface area contributed by atoms with Crippen LogP contribution in [0.15, 0.2) is 42.5 Å². The number of hydrogen-bond donors (Lipinski definition) is 0. The van der Waals surface area contributed by atoms with Gasteiger partial charge in [0.2, 0.25) is 0 Å². The summed E-state index contributed by atoms with van der Waals surface area (Å²) in [5.41, 5.74) is 2.32. The summed E-state index contributed by atoms with van der Waals surface area (Å²) in [6.45, 7) is 0.926. The van der Waals surface area contributed by atoms with E-state index in [1.165, 1.54) is 5.56 Å². The van der Waals surface area contributed by atoms with E-state index in [0.717, 1.165) is 35.8 Å². The molecule has 0 unspecified atom stereocenters. The Labute approximate surface area is 142 Å². The fourth-order valence-electron chi connectivity index (χ4n) is 3.84. The number of fused-ring (bicyclic) bond motifs is 5. The minimum atomic E-state index is 0.00343. The minimum Gasteiger partial charge on any atom is -0.497 e. The van der Waals surface area contributed by atoms with Gasteiger partial charge in [-0.25, -0.2) is 0 Å². The van der Waals surface area contributed by atoms with Crippen molar-refractivity contribution in [2.45, 2.75) is 24.5 Å². The number of ether oxygens (including phenoxy) is 3. The molecule has 0 aromatic heterocycles. The van der Waals surface area contributed by atoms with Gasteiger partial charge in [-0.1, -0.05) is 18.2 Å². The molecule has 3 atom stereocenters. The summed E-state index contributed by atoms with van der Waals surface area (Å²) in [5, 5.41) is 0. The van der Waals surface area contributed by atoms with Crippen LogP contribution in [0.25, 0.3) is 0 Å². The molecule has 2 heterocycles. The zero-order chi connectivity index (χ0) is 16.7. The highest BCUT2D eigenvalue weighted by Crippen LogP contribution is 2.53. The fraction of sp³-hybridized carbons (Fsp3) is 0.400. The molecule has 0 N–H and O–H groups in total. The van der Waals surface area contributed by atoms with Crippen LogP contribution in [0.3, 0.4) is 0 Å². The summed E-state index contributed by atoms with van der Waals surface area (Å²) >= 11 is 0. The van der Waals surface area contributed by atoms with E-state index in [0.29, 0.717) is 5.92 Å². The lowest BCUT2D eigenvalue weighted by atomic mass is 9.87. The monoisotopic (exact) mass is 325 g/mol. The standard InChI is InChI=1S/C20H23NO3/c1-21(2)12-14-11-16-15-6-4-5-7-18(15)24-19-9-8-13(22-3)10-17(19)20(16)23-14/h4-10,14,16,20H,11-12H2,1-3H3/t14-,16+,20+/m1/s1. The predicted molar refractivity (Wildman–Crippen MR) is 93.0 cm³/mol. The van der Waals surface area contributed by atoms with Gasteiger partial charge in [-0.15, -0.1) is 0 Å². The summed E-state index contributed by atoms with van der Waals surface area (Å²) in [6, 6.07) is 14.3. The van der Waals surface area contributed by atoms with Crippen molar-refractivity contribution >= 4 is 0 Å². The topological polar surface area (TPSA) is 30.9 Å². The van der Waals surface area contributed by atoms with Gasteiger partial charge in [-0.3, -0.25) is 0 Å². The molecule has 0 aliphatic carbocycles. The maximum absolute atomic E-state index is 6.46. The Kier molecular flexibility index (Phi) is 3.94. The van der Waals surface area contributed by atoms with E-state index in [9.17, 15) is 0 Å². The van der Waals surface area contributed by atoms with Gasteiger partial charge in [-0.05, 0) is 44.8 Å². The molecule has 126 valence electrons. The number of benzene rings is 2. The van der Waals surface area contributed by atoms with Gasteiger partial charge in [-0.2, -0.15) is 0 Å². The Bertz CT molecular complexity index is 743. The highest BCUT2D eigenvalue weighted by atomic mass is 16.5. The summed E-state index contributed by atoms with van der Waals surface area (Å²) in [4.78, 5) is 2.19. The van der Waals surface area contributed by atoms with Crippen molar-refractivity contribution in [3.8, 4) is 17.2 Å². The molecule has 0 amide bonds. The average molecular weight is 325 g/mol. The quantitative estimate of drug-likeness (QED) is 0.854. The number of rotatable bonds is 3. The molecule has 2 aliphatic heterocycles. The van der Waals surface area contributed by atoms with Crippen LogP contribution in [0.1, 0.15) is 29.6 Å². The lowest BCUT2D eigenvalue weighted by Gasteiger charge is -2.19. The van der Waals surface area contributed by atoms with Crippen LogP contribution in [0.4, 0.5) is 0 Å². The first-order chi connectivity index (χ1) is 11.7. The third kappa shape index (κ3) is 2.66. The second kappa shape index (κ2) is 6.11. The molecule has 0 spiro atoms. The van der Waals surface area contributed by atoms with Crippen molar-refractivity contribution in [1.29, 1.82) is 0 Å². The zero-order valence-corrected chi connectivity index (χ0v) is 14.4. The van der Waals surface area contributed by atoms with Crippen molar-refractivity contribution in [3.05, 3.63) is 53.6 Å². The van der Waals surface area contributed by atoms with Gasteiger partial charge in [0.05, 0.1) is 19.3 Å². The van der Waals surface area contributed by atoms with E-state index in [1.807, 2.05) is 24.3 Å². The van der Waals surface area contributed by atoms with Gasteiger partial charge in [0.15, 0.2) is 0 Å². The number of para-hydroxylation sites is 1. The van der Waals surface area contributed by atoms with Crippen molar-refractivity contribution in [2.24, 2.45) is 0 Å². The summed E-state index contributed by atoms with van der Waals surface area (Å²) < 4.78 is 18.1. The summed E-state index contributed by atoms with van der Waals surface area (Å²) in [7, 11) is 5.87. The number of likely N-dealkylation sites (N-methyl/N-ethyl adjacent to an activating group) is 1. The van der Waals surface area contributed by atoms with Crippen molar-refractivity contribution in [2.75, 3.05) is 27.7 Å². The van der Waals surface area contributed by atoms with Crippen LogP contribution in [0, 0.1) is 0 Å². The first-order valence-electron chi connectivity index (χ1n) is 8.40. The molecular weight excluding hydrogens is 302 g/mol. The molecule has 2 aromatic rings. The Balaban J connectivity index is 1.80. The van der Waals surface area contributed by atoms with Crippen molar-refractivity contribution < 1.29 is 14.2 Å². The molecule has 4 heteroatoms. The Morgan fingerprint density at radius 1 is 1.08 bits per heavy atom. The smallest absolute Gasteiger partial charge is 0.133 e. The average Bonchev–Trinajstić information content (AvgIpc) is 2.93. The van der Waals surface area contributed by atoms with E-state index in [-0.39, 0.29) is 12.2 Å². The molecule has 2 aliphatic rings. The first-order valence-corrected chi connectivity index (χ1v) is 8.40. The molecule has 2 aromatic carbocycles. The highest BCUT2D eigenvalue weighted by molar-refractivity contribution is 5.51. The van der Waals surface area contributed by atoms with Crippen molar-refractivity contribution in [3.63, 3.8) is 0 Å². The maximum Gasteiger partial charge on any atom is 0.133 e. The SMILES string of the molecule is COc1ccc2c(c1)[C@H]1O[C@@H](CN(C)C)C[C@H]1c1ccccc1O2. The van der Waals surface area contributed by atoms with Gasteiger partial charge < -0.3 is 19.1 Å². The molecule has 0 saturated carbocycles. The van der Waals surface area contributed by atoms with Gasteiger partial charge in [0.1, 0.15) is 17.2 Å². The lowest BCUT2D eigenvalue weighted by molar-refractivity contribution is 0.0270. The van der Waals surface area contributed by atoms with E-state index >= 15 is 0 Å². The largest absolute Gasteiger partial charge is 0.497 e. The van der Waals surface area contributed by atoms with Crippen LogP contribution < -0.4 is 9.47 Å². The molecular formula is C20H23NO3. The Morgan fingerprint density at radius 2 is 1.88 bits per heavy atom. The molecule has 24 heavy (non-hydrogen) atoms. The number of nitrogens with zero attached hydrogens (tertiary/aromatic N) is 1. The van der Waals surface area contributed by atoms with Crippen LogP contribution in [0.2, 0.25) is 0 Å². The first kappa shape index (κ1) is 15.5. The van der Waals surface area contributed by atoms with Crippen LogP contribution >= 0.6 is 0 Å². The number of methoxy groups -OCH3 is 1. The zero-order valence-electron chi connectivity index (χ0n) is 14.4. The van der Waals surface area contributed by atoms with Crippen LogP contribution in [-0.2, 0) is 4.74 Å². The van der Waals surface area contributed by atoms with Crippen LogP contribution in [-0.4, -0.2) is 38.8 Å². The third-order valence-corrected chi connectivity index (χ3v) is 4.85. The lowest BCUT2D eigenvalue weighted by Crippen LogP contribution is -2.25. The van der Waals surface area contributed by atoms with E-state index in [4.69, 9.17) is 14.2 Å². The highest BCUT2D eigenvalue weighted by Gasteiger charge is 2.41. The summed E-state index contributed by atoms with van der Waals surface area (Å²) in [6.07, 6.45) is 1.23. The van der Waals surface area contributed by atoms with Gasteiger partial charge in [0.25, 0.3) is 0 Å². The molecule has 0 bridgehead atoms. The Hall–Kier alpha value is -2.04. The molecule has 1 saturated heterocycles. The second-order valence-electron chi connectivity index (χ2n) is 6.83. The van der Waals surface area contributed by atoms with Gasteiger partial charge in [0, 0.05) is 23.6 Å². The van der Waals surface area contributed by atoms with Crippen molar-refractivity contribution in [1.82, 2.24) is 4.90 Å². The number of hydrogen-bond acceptors (Lipinski definition) is 4. The molecule has 4 nitrogen and oxygen atoms in total. The molecule has 4 rings (SSSR count). The Morgan fingerprint density at radius 3 is 2.67 bits per heavy atom. The molecule has 1 fully saturated rings.